The molecule has 0 saturated heterocycles. The van der Waals surface area contributed by atoms with Gasteiger partial charge in [0.15, 0.2) is 0 Å². The summed E-state index contributed by atoms with van der Waals surface area (Å²) in [6, 6.07) is 17.4. The fraction of sp³-hybridized carbons (Fsp3) is 0.304. The van der Waals surface area contributed by atoms with E-state index in [9.17, 15) is 9.59 Å². The topological polar surface area (TPSA) is 64.6 Å². The van der Waals surface area contributed by atoms with Crippen LogP contribution in [0.1, 0.15) is 24.9 Å². The molecule has 0 radical (unpaired) electrons. The number of halogens is 3. The number of nitrogens with one attached hydrogen (secondary N) is 1. The maximum atomic E-state index is 12.3. The Balaban J connectivity index is 2.19. The zero-order valence-corrected chi connectivity index (χ0v) is 19.5. The number of esters is 1. The molecule has 0 fully saturated rings. The van der Waals surface area contributed by atoms with Crippen LogP contribution < -0.4 is 5.32 Å². The van der Waals surface area contributed by atoms with Crippen LogP contribution in [0.4, 0.5) is 4.79 Å². The Hall–Kier alpha value is -2.21. The van der Waals surface area contributed by atoms with Crippen LogP contribution >= 0.6 is 34.8 Å². The molecule has 0 aliphatic heterocycles. The fourth-order valence-electron chi connectivity index (χ4n) is 2.92. The number of ether oxygens (including phenoxy) is 2. The number of hydrogen-bond acceptors (Lipinski definition) is 4. The van der Waals surface area contributed by atoms with E-state index >= 15 is 0 Å². The first-order chi connectivity index (χ1) is 14.7. The Bertz CT molecular complexity index is 880. The second-order valence-corrected chi connectivity index (χ2v) is 9.38. The van der Waals surface area contributed by atoms with E-state index in [4.69, 9.17) is 39.5 Å². The zero-order chi connectivity index (χ0) is 22.9. The molecule has 2 unspecified atom stereocenters. The maximum absolute atomic E-state index is 12.3. The number of hydrogen-bond donors (Lipinski definition) is 1. The first-order valence-corrected chi connectivity index (χ1v) is 10.7. The summed E-state index contributed by atoms with van der Waals surface area (Å²) in [4.78, 5) is 23.6. The van der Waals surface area contributed by atoms with Crippen molar-refractivity contribution in [2.24, 2.45) is 5.92 Å². The standard InChI is InChI=1S/C23H24Cl3NO4/c1-16(7-6-10-20(28)30-2)21(27-22(29)31-15-23(24,25)26)19-13-11-18(12-14-19)17-8-4-3-5-9-17/h3-9,11-14,16,21H,10,15H2,1-2H3,(H,27,29). The monoisotopic (exact) mass is 483 g/mol. The third-order valence-corrected chi connectivity index (χ3v) is 4.82. The van der Waals surface area contributed by atoms with E-state index < -0.39 is 15.9 Å². The van der Waals surface area contributed by atoms with Crippen LogP contribution in [-0.2, 0) is 14.3 Å². The Morgan fingerprint density at radius 3 is 2.23 bits per heavy atom. The Labute approximate surface area is 197 Å². The molecule has 0 aliphatic rings. The lowest BCUT2D eigenvalue weighted by molar-refractivity contribution is -0.139. The highest BCUT2D eigenvalue weighted by Crippen LogP contribution is 2.28. The maximum Gasteiger partial charge on any atom is 0.407 e. The Kier molecular flexibility index (Phi) is 9.69. The second kappa shape index (κ2) is 12.0. The first kappa shape index (κ1) is 25.1. The third kappa shape index (κ3) is 8.82. The van der Waals surface area contributed by atoms with Crippen LogP contribution in [-0.4, -0.2) is 29.6 Å². The summed E-state index contributed by atoms with van der Waals surface area (Å²) in [5.74, 6) is -0.505. The van der Waals surface area contributed by atoms with Gasteiger partial charge < -0.3 is 14.8 Å². The van der Waals surface area contributed by atoms with Crippen LogP contribution in [0, 0.1) is 5.92 Å². The average molecular weight is 485 g/mol. The molecule has 0 heterocycles. The predicted molar refractivity (Wildman–Crippen MR) is 124 cm³/mol. The summed E-state index contributed by atoms with van der Waals surface area (Å²) in [5, 5.41) is 2.81. The number of benzene rings is 2. The van der Waals surface area contributed by atoms with Gasteiger partial charge in [0.25, 0.3) is 0 Å². The summed E-state index contributed by atoms with van der Waals surface area (Å²) < 4.78 is 7.96. The van der Waals surface area contributed by atoms with Crippen molar-refractivity contribution < 1.29 is 19.1 Å². The molecule has 5 nitrogen and oxygen atoms in total. The van der Waals surface area contributed by atoms with Gasteiger partial charge in [0.1, 0.15) is 6.61 Å². The van der Waals surface area contributed by atoms with Gasteiger partial charge in [0.2, 0.25) is 3.79 Å². The summed E-state index contributed by atoms with van der Waals surface area (Å²) in [5.41, 5.74) is 3.00. The van der Waals surface area contributed by atoms with Gasteiger partial charge in [0, 0.05) is 0 Å². The van der Waals surface area contributed by atoms with E-state index in [1.165, 1.54) is 7.11 Å². The van der Waals surface area contributed by atoms with Gasteiger partial charge in [-0.2, -0.15) is 0 Å². The van der Waals surface area contributed by atoms with Crippen LogP contribution in [0.15, 0.2) is 66.7 Å². The van der Waals surface area contributed by atoms with E-state index in [2.05, 4.69) is 10.1 Å². The molecule has 0 aliphatic carbocycles. The van der Waals surface area contributed by atoms with Crippen molar-refractivity contribution in [2.45, 2.75) is 23.2 Å². The first-order valence-electron chi connectivity index (χ1n) is 9.58. The molecule has 0 saturated carbocycles. The molecule has 0 aromatic heterocycles. The quantitative estimate of drug-likeness (QED) is 0.273. The number of alkyl halides is 3. The molecule has 31 heavy (non-hydrogen) atoms. The van der Waals surface area contributed by atoms with Gasteiger partial charge in [0.05, 0.1) is 19.6 Å². The molecule has 8 heteroatoms. The lowest BCUT2D eigenvalue weighted by atomic mass is 9.92. The third-order valence-electron chi connectivity index (χ3n) is 4.49. The minimum Gasteiger partial charge on any atom is -0.469 e. The normalized spacial score (nSPS) is 13.5. The number of alkyl carbamates (subject to hydrolysis) is 1. The molecule has 0 bridgehead atoms. The van der Waals surface area contributed by atoms with E-state index in [-0.39, 0.29) is 24.9 Å². The van der Waals surface area contributed by atoms with Gasteiger partial charge in [-0.3, -0.25) is 4.79 Å². The van der Waals surface area contributed by atoms with Gasteiger partial charge >= 0.3 is 12.1 Å². The zero-order valence-electron chi connectivity index (χ0n) is 17.2. The highest BCUT2D eigenvalue weighted by molar-refractivity contribution is 6.67. The minimum atomic E-state index is -1.70. The summed E-state index contributed by atoms with van der Waals surface area (Å²) in [6.45, 7) is 1.54. The van der Waals surface area contributed by atoms with Gasteiger partial charge in [-0.1, -0.05) is 108 Å². The lowest BCUT2D eigenvalue weighted by Crippen LogP contribution is -2.34. The van der Waals surface area contributed by atoms with Crippen molar-refractivity contribution in [3.05, 3.63) is 72.3 Å². The summed E-state index contributed by atoms with van der Waals surface area (Å²) in [7, 11) is 1.33. The SMILES string of the molecule is COC(=O)CC=CC(C)C(NC(=O)OCC(Cl)(Cl)Cl)c1ccc(-c2ccccc2)cc1. The van der Waals surface area contributed by atoms with Gasteiger partial charge in [-0.05, 0) is 22.6 Å². The number of rotatable bonds is 8. The molecule has 2 aromatic rings. The highest BCUT2D eigenvalue weighted by atomic mass is 35.6. The number of carbonyl (C=O) groups is 2. The second-order valence-electron chi connectivity index (χ2n) is 6.87. The molecule has 166 valence electrons. The molecule has 2 rings (SSSR count). The number of carbonyl (C=O) groups excluding carboxylic acids is 2. The molecular weight excluding hydrogens is 461 g/mol. The van der Waals surface area contributed by atoms with E-state index in [0.29, 0.717) is 0 Å². The van der Waals surface area contributed by atoms with Crippen LogP contribution in [0.3, 0.4) is 0 Å². The predicted octanol–water partition coefficient (Wildman–Crippen LogP) is 6.25. The van der Waals surface area contributed by atoms with E-state index in [0.717, 1.165) is 16.7 Å². The van der Waals surface area contributed by atoms with Crippen molar-refractivity contribution in [1.82, 2.24) is 5.32 Å². The molecule has 1 amide bonds. The van der Waals surface area contributed by atoms with Crippen molar-refractivity contribution >= 4 is 46.9 Å². The largest absolute Gasteiger partial charge is 0.469 e. The smallest absolute Gasteiger partial charge is 0.407 e. The van der Waals surface area contributed by atoms with Crippen LogP contribution in [0.25, 0.3) is 11.1 Å². The van der Waals surface area contributed by atoms with Crippen molar-refractivity contribution in [1.29, 1.82) is 0 Å². The summed E-state index contributed by atoms with van der Waals surface area (Å²) >= 11 is 17.0. The Morgan fingerprint density at radius 2 is 1.65 bits per heavy atom. The van der Waals surface area contributed by atoms with Gasteiger partial charge in [-0.15, -0.1) is 0 Å². The molecule has 2 aromatic carbocycles. The fourth-order valence-corrected chi connectivity index (χ4v) is 3.08. The van der Waals surface area contributed by atoms with E-state index in [1.54, 1.807) is 6.08 Å². The molecule has 0 spiro atoms. The number of methoxy groups -OCH3 is 1. The Morgan fingerprint density at radius 1 is 1.03 bits per heavy atom. The molecule has 2 atom stereocenters. The molecule has 1 N–H and O–H groups in total. The van der Waals surface area contributed by atoms with Crippen molar-refractivity contribution in [3.63, 3.8) is 0 Å². The average Bonchev–Trinajstić information content (AvgIpc) is 2.76. The number of amides is 1. The van der Waals surface area contributed by atoms with E-state index in [1.807, 2.05) is 67.6 Å². The van der Waals surface area contributed by atoms with Crippen LogP contribution in [0.2, 0.25) is 0 Å². The van der Waals surface area contributed by atoms with Crippen molar-refractivity contribution in [2.75, 3.05) is 13.7 Å². The molecular formula is C23H24Cl3NO4. The van der Waals surface area contributed by atoms with Crippen molar-refractivity contribution in [3.8, 4) is 11.1 Å². The lowest BCUT2D eigenvalue weighted by Gasteiger charge is -2.24. The van der Waals surface area contributed by atoms with Crippen LogP contribution in [0.5, 0.6) is 0 Å². The van der Waals surface area contributed by atoms with Gasteiger partial charge in [-0.25, -0.2) is 4.79 Å². The minimum absolute atomic E-state index is 0.137. The highest BCUT2D eigenvalue weighted by Gasteiger charge is 2.25. The summed E-state index contributed by atoms with van der Waals surface area (Å²) in [6.07, 6.45) is 2.97.